The Bertz CT molecular complexity index is 1360. The molecule has 1 amide bonds. The molecular formula is C25H25N3O4S2. The maximum absolute atomic E-state index is 13.3. The van der Waals surface area contributed by atoms with Gasteiger partial charge in [0.1, 0.15) is 11.3 Å². The monoisotopic (exact) mass is 495 g/mol. The molecule has 0 saturated carbocycles. The van der Waals surface area contributed by atoms with E-state index in [1.165, 1.54) is 11.3 Å². The molecule has 34 heavy (non-hydrogen) atoms. The van der Waals surface area contributed by atoms with E-state index in [9.17, 15) is 13.2 Å². The largest absolute Gasteiger partial charge is 0.494 e. The number of sulfone groups is 1. The van der Waals surface area contributed by atoms with Gasteiger partial charge < -0.3 is 4.74 Å². The van der Waals surface area contributed by atoms with Gasteiger partial charge in [-0.05, 0) is 36.2 Å². The highest BCUT2D eigenvalue weighted by molar-refractivity contribution is 7.90. The lowest BCUT2D eigenvalue weighted by atomic mass is 10.2. The summed E-state index contributed by atoms with van der Waals surface area (Å²) in [5.74, 6) is 0.353. The molecule has 0 unspecified atom stereocenters. The normalized spacial score (nSPS) is 11.4. The van der Waals surface area contributed by atoms with Gasteiger partial charge in [-0.3, -0.25) is 14.7 Å². The summed E-state index contributed by atoms with van der Waals surface area (Å²) < 4.78 is 31.4. The summed E-state index contributed by atoms with van der Waals surface area (Å²) in [6.45, 7) is 0.249. The predicted molar refractivity (Wildman–Crippen MR) is 135 cm³/mol. The third-order valence-electron chi connectivity index (χ3n) is 5.24. The highest BCUT2D eigenvalue weighted by atomic mass is 32.2. The van der Waals surface area contributed by atoms with Crippen molar-refractivity contribution in [1.29, 1.82) is 0 Å². The van der Waals surface area contributed by atoms with E-state index in [0.717, 1.165) is 16.0 Å². The minimum atomic E-state index is -3.32. The van der Waals surface area contributed by atoms with Crippen LogP contribution in [0.1, 0.15) is 24.1 Å². The first-order valence-corrected chi connectivity index (χ1v) is 13.5. The van der Waals surface area contributed by atoms with Crippen molar-refractivity contribution in [3.63, 3.8) is 0 Å². The number of para-hydroxylation sites is 1. The van der Waals surface area contributed by atoms with Gasteiger partial charge in [-0.1, -0.05) is 53.8 Å². The second-order valence-electron chi connectivity index (χ2n) is 7.79. The summed E-state index contributed by atoms with van der Waals surface area (Å²) in [7, 11) is -1.74. The van der Waals surface area contributed by atoms with E-state index in [-0.39, 0.29) is 36.8 Å². The SMILES string of the molecule is COc1cccc2sc(N(Cc3ccccn3)C(=O)CCCS(=O)(=O)Cc3ccccc3)nc12. The highest BCUT2D eigenvalue weighted by Crippen LogP contribution is 2.35. The molecule has 176 valence electrons. The summed E-state index contributed by atoms with van der Waals surface area (Å²) in [5.41, 5.74) is 2.15. The number of nitrogens with zero attached hydrogens (tertiary/aromatic N) is 3. The number of amides is 1. The minimum Gasteiger partial charge on any atom is -0.494 e. The van der Waals surface area contributed by atoms with Crippen molar-refractivity contribution in [2.24, 2.45) is 0 Å². The van der Waals surface area contributed by atoms with Gasteiger partial charge >= 0.3 is 0 Å². The number of thiazole rings is 1. The molecule has 0 atom stereocenters. The molecule has 0 fully saturated rings. The Morgan fingerprint density at radius 1 is 1.03 bits per heavy atom. The molecule has 0 N–H and O–H groups in total. The van der Waals surface area contributed by atoms with Crippen LogP contribution in [0, 0.1) is 0 Å². The van der Waals surface area contributed by atoms with Crippen molar-refractivity contribution < 1.29 is 17.9 Å². The fourth-order valence-electron chi connectivity index (χ4n) is 3.59. The first-order chi connectivity index (χ1) is 16.4. The zero-order valence-electron chi connectivity index (χ0n) is 18.8. The quantitative estimate of drug-likeness (QED) is 0.319. The summed E-state index contributed by atoms with van der Waals surface area (Å²) in [5, 5.41) is 0.530. The lowest BCUT2D eigenvalue weighted by Gasteiger charge is -2.19. The van der Waals surface area contributed by atoms with Crippen LogP contribution in [0.15, 0.2) is 72.9 Å². The van der Waals surface area contributed by atoms with Gasteiger partial charge in [0, 0.05) is 12.6 Å². The number of rotatable bonds is 10. The maximum atomic E-state index is 13.3. The van der Waals surface area contributed by atoms with Crippen LogP contribution in [0.5, 0.6) is 5.75 Å². The molecule has 0 aliphatic heterocycles. The van der Waals surface area contributed by atoms with Crippen LogP contribution in [0.3, 0.4) is 0 Å². The van der Waals surface area contributed by atoms with E-state index < -0.39 is 9.84 Å². The fraction of sp³-hybridized carbons (Fsp3) is 0.240. The third-order valence-corrected chi connectivity index (χ3v) is 7.97. The van der Waals surface area contributed by atoms with Crippen molar-refractivity contribution in [1.82, 2.24) is 9.97 Å². The Balaban J connectivity index is 1.50. The van der Waals surface area contributed by atoms with Gasteiger partial charge in [-0.15, -0.1) is 0 Å². The van der Waals surface area contributed by atoms with E-state index in [1.54, 1.807) is 30.3 Å². The van der Waals surface area contributed by atoms with E-state index >= 15 is 0 Å². The second kappa shape index (κ2) is 10.8. The number of aromatic nitrogens is 2. The molecule has 4 rings (SSSR count). The molecule has 0 aliphatic carbocycles. The van der Waals surface area contributed by atoms with Crippen LogP contribution >= 0.6 is 11.3 Å². The summed E-state index contributed by atoms with van der Waals surface area (Å²) in [6, 6.07) is 20.2. The molecule has 0 radical (unpaired) electrons. The fourth-order valence-corrected chi connectivity index (χ4v) is 6.01. The van der Waals surface area contributed by atoms with Crippen LogP contribution < -0.4 is 9.64 Å². The smallest absolute Gasteiger partial charge is 0.229 e. The van der Waals surface area contributed by atoms with E-state index in [2.05, 4.69) is 9.97 Å². The third kappa shape index (κ3) is 5.98. The first-order valence-electron chi connectivity index (χ1n) is 10.8. The average Bonchev–Trinajstić information content (AvgIpc) is 3.27. The highest BCUT2D eigenvalue weighted by Gasteiger charge is 2.22. The van der Waals surface area contributed by atoms with Crippen molar-refractivity contribution in [2.75, 3.05) is 17.8 Å². The number of carbonyl (C=O) groups is 1. The van der Waals surface area contributed by atoms with Gasteiger partial charge in [-0.2, -0.15) is 0 Å². The average molecular weight is 496 g/mol. The van der Waals surface area contributed by atoms with E-state index in [4.69, 9.17) is 4.74 Å². The van der Waals surface area contributed by atoms with Gasteiger partial charge in [0.25, 0.3) is 0 Å². The van der Waals surface area contributed by atoms with Gasteiger partial charge in [0.15, 0.2) is 15.0 Å². The van der Waals surface area contributed by atoms with Crippen LogP contribution in [0.2, 0.25) is 0 Å². The number of benzene rings is 2. The van der Waals surface area contributed by atoms with Crippen molar-refractivity contribution in [3.05, 3.63) is 84.2 Å². The predicted octanol–water partition coefficient (Wildman–Crippen LogP) is 4.63. The number of hydrogen-bond acceptors (Lipinski definition) is 7. The van der Waals surface area contributed by atoms with Crippen LogP contribution in [-0.2, 0) is 26.9 Å². The molecular weight excluding hydrogens is 470 g/mol. The van der Waals surface area contributed by atoms with Crippen molar-refractivity contribution in [3.8, 4) is 5.75 Å². The second-order valence-corrected chi connectivity index (χ2v) is 11.0. The molecule has 0 saturated heterocycles. The van der Waals surface area contributed by atoms with Crippen LogP contribution in [0.25, 0.3) is 10.2 Å². The molecule has 0 bridgehead atoms. The van der Waals surface area contributed by atoms with Gasteiger partial charge in [0.05, 0.1) is 35.6 Å². The summed E-state index contributed by atoms with van der Waals surface area (Å²) in [6.07, 6.45) is 2.00. The Morgan fingerprint density at radius 3 is 2.56 bits per heavy atom. The van der Waals surface area contributed by atoms with Crippen LogP contribution in [-0.4, -0.2) is 37.2 Å². The zero-order chi connectivity index (χ0) is 24.0. The number of methoxy groups -OCH3 is 1. The number of pyridine rings is 1. The minimum absolute atomic E-state index is 0.0304. The maximum Gasteiger partial charge on any atom is 0.229 e. The first kappa shape index (κ1) is 23.8. The zero-order valence-corrected chi connectivity index (χ0v) is 20.4. The molecule has 7 nitrogen and oxygen atoms in total. The van der Waals surface area contributed by atoms with E-state index in [1.807, 2.05) is 54.6 Å². The van der Waals surface area contributed by atoms with Crippen molar-refractivity contribution >= 4 is 42.4 Å². The lowest BCUT2D eigenvalue weighted by Crippen LogP contribution is -2.31. The van der Waals surface area contributed by atoms with Gasteiger partial charge in [0.2, 0.25) is 5.91 Å². The lowest BCUT2D eigenvalue weighted by molar-refractivity contribution is -0.118. The number of fused-ring (bicyclic) bond motifs is 1. The summed E-state index contributed by atoms with van der Waals surface area (Å²) >= 11 is 1.39. The topological polar surface area (TPSA) is 89.5 Å². The molecule has 0 spiro atoms. The van der Waals surface area contributed by atoms with Gasteiger partial charge in [-0.25, -0.2) is 13.4 Å². The Kier molecular flexibility index (Phi) is 7.54. The Labute approximate surface area is 203 Å². The molecule has 2 heterocycles. The number of carbonyl (C=O) groups excluding carboxylic acids is 1. The van der Waals surface area contributed by atoms with Crippen molar-refractivity contribution in [2.45, 2.75) is 25.1 Å². The molecule has 2 aromatic carbocycles. The number of anilines is 1. The number of hydrogen-bond donors (Lipinski definition) is 0. The van der Waals surface area contributed by atoms with Crippen LogP contribution in [0.4, 0.5) is 5.13 Å². The summed E-state index contributed by atoms with van der Waals surface area (Å²) in [4.78, 5) is 23.9. The molecule has 0 aliphatic rings. The Morgan fingerprint density at radius 2 is 1.82 bits per heavy atom. The Hall–Kier alpha value is -3.30. The number of ether oxygens (including phenoxy) is 1. The molecule has 4 aromatic rings. The molecule has 9 heteroatoms. The standard InChI is InChI=1S/C25H25N3O4S2/c1-32-21-12-7-13-22-24(21)27-25(33-22)28(17-20-11-5-6-15-26-20)23(29)14-8-16-34(30,31)18-19-9-3-2-4-10-19/h2-7,9-13,15H,8,14,16-18H2,1H3. The van der Waals surface area contributed by atoms with E-state index in [0.29, 0.717) is 16.4 Å². The molecule has 2 aromatic heterocycles.